The summed E-state index contributed by atoms with van der Waals surface area (Å²) in [5.74, 6) is 0.393. The zero-order chi connectivity index (χ0) is 10.1. The fourth-order valence-corrected chi connectivity index (χ4v) is 3.59. The summed E-state index contributed by atoms with van der Waals surface area (Å²) in [7, 11) is 0. The molecule has 1 aliphatic rings. The maximum atomic E-state index is 12.3. The number of thioether (sulfide) groups is 2. The number of ketones is 1. The molecule has 0 spiro atoms. The minimum atomic E-state index is -4.51. The second-order valence-electron chi connectivity index (χ2n) is 2.41. The Hall–Kier alpha value is -0.100. The van der Waals surface area contributed by atoms with Crippen LogP contribution in [0.1, 0.15) is 6.92 Å². The fraction of sp³-hybridized carbons (Fsp3) is 0.571. The van der Waals surface area contributed by atoms with E-state index < -0.39 is 17.5 Å². The zero-order valence-electron chi connectivity index (χ0n) is 6.77. The topological polar surface area (TPSA) is 17.1 Å². The summed E-state index contributed by atoms with van der Waals surface area (Å²) in [5.41, 5.74) is -0.986. The van der Waals surface area contributed by atoms with E-state index in [-0.39, 0.29) is 4.24 Å². The maximum absolute atomic E-state index is 12.3. The van der Waals surface area contributed by atoms with E-state index in [1.54, 1.807) is 0 Å². The number of hydrogen-bond acceptors (Lipinski definition) is 3. The highest BCUT2D eigenvalue weighted by Gasteiger charge is 2.40. The van der Waals surface area contributed by atoms with Gasteiger partial charge in [0.2, 0.25) is 0 Å². The zero-order valence-corrected chi connectivity index (χ0v) is 8.41. The van der Waals surface area contributed by atoms with Gasteiger partial charge < -0.3 is 0 Å². The molecular weight excluding hydrogens is 221 g/mol. The molecule has 13 heavy (non-hydrogen) atoms. The SMILES string of the molecule is CC(=O)C(=C1SCCS1)C(F)(F)F. The Bertz CT molecular complexity index is 249. The van der Waals surface area contributed by atoms with Gasteiger partial charge in [-0.15, -0.1) is 23.5 Å². The molecule has 0 aromatic rings. The molecule has 0 N–H and O–H groups in total. The third-order valence-electron chi connectivity index (χ3n) is 1.39. The Morgan fingerprint density at radius 1 is 1.31 bits per heavy atom. The lowest BCUT2D eigenvalue weighted by atomic mass is 10.2. The summed E-state index contributed by atoms with van der Waals surface area (Å²) in [6, 6.07) is 0. The van der Waals surface area contributed by atoms with Crippen LogP contribution in [0.4, 0.5) is 13.2 Å². The first kappa shape index (κ1) is 11.0. The van der Waals surface area contributed by atoms with Gasteiger partial charge >= 0.3 is 6.18 Å². The first-order valence-corrected chi connectivity index (χ1v) is 5.48. The summed E-state index contributed by atoms with van der Waals surface area (Å²) in [6.45, 7) is 0.954. The van der Waals surface area contributed by atoms with Crippen molar-refractivity contribution in [2.75, 3.05) is 11.5 Å². The maximum Gasteiger partial charge on any atom is 0.421 e. The van der Waals surface area contributed by atoms with E-state index in [9.17, 15) is 18.0 Å². The highest BCUT2D eigenvalue weighted by molar-refractivity contribution is 8.25. The summed E-state index contributed by atoms with van der Waals surface area (Å²) in [5, 5.41) is 0. The first-order valence-electron chi connectivity index (χ1n) is 3.51. The molecule has 0 aromatic heterocycles. The van der Waals surface area contributed by atoms with E-state index in [1.807, 2.05) is 0 Å². The van der Waals surface area contributed by atoms with Crippen LogP contribution in [0, 0.1) is 0 Å². The molecule has 0 unspecified atom stereocenters. The van der Waals surface area contributed by atoms with Crippen molar-refractivity contribution in [3.8, 4) is 0 Å². The molecule has 0 radical (unpaired) electrons. The van der Waals surface area contributed by atoms with Crippen LogP contribution in [0.2, 0.25) is 0 Å². The molecular formula is C7H7F3OS2. The van der Waals surface area contributed by atoms with Gasteiger partial charge in [0.25, 0.3) is 0 Å². The van der Waals surface area contributed by atoms with Gasteiger partial charge in [0.1, 0.15) is 5.57 Å². The van der Waals surface area contributed by atoms with Gasteiger partial charge in [0.15, 0.2) is 5.78 Å². The highest BCUT2D eigenvalue weighted by Crippen LogP contribution is 2.43. The van der Waals surface area contributed by atoms with Crippen molar-refractivity contribution in [3.05, 3.63) is 9.81 Å². The predicted octanol–water partition coefficient (Wildman–Crippen LogP) is 2.83. The Kier molecular flexibility index (Phi) is 3.34. The molecule has 0 saturated carbocycles. The van der Waals surface area contributed by atoms with Crippen molar-refractivity contribution >= 4 is 29.3 Å². The summed E-state index contributed by atoms with van der Waals surface area (Å²) in [6.07, 6.45) is -4.51. The summed E-state index contributed by atoms with van der Waals surface area (Å²) < 4.78 is 37.1. The monoisotopic (exact) mass is 228 g/mol. The second kappa shape index (κ2) is 3.96. The third-order valence-corrected chi connectivity index (χ3v) is 4.10. The molecule has 1 aliphatic heterocycles. The number of Topliss-reactive ketones (excluding diaryl/α,β-unsaturated/α-hetero) is 1. The molecule has 74 valence electrons. The van der Waals surface area contributed by atoms with E-state index in [2.05, 4.69) is 0 Å². The average molecular weight is 228 g/mol. The number of hydrogen-bond donors (Lipinski definition) is 0. The van der Waals surface area contributed by atoms with E-state index in [1.165, 1.54) is 0 Å². The van der Waals surface area contributed by atoms with Gasteiger partial charge in [-0.2, -0.15) is 13.2 Å². The van der Waals surface area contributed by atoms with E-state index in [4.69, 9.17) is 0 Å². The Morgan fingerprint density at radius 3 is 2.08 bits per heavy atom. The van der Waals surface area contributed by atoms with Crippen molar-refractivity contribution in [3.63, 3.8) is 0 Å². The fourth-order valence-electron chi connectivity index (χ4n) is 0.914. The van der Waals surface area contributed by atoms with Crippen LogP contribution in [-0.4, -0.2) is 23.5 Å². The van der Waals surface area contributed by atoms with Crippen molar-refractivity contribution in [1.82, 2.24) is 0 Å². The molecule has 1 saturated heterocycles. The normalized spacial score (nSPS) is 17.7. The molecule has 0 bridgehead atoms. The molecule has 6 heteroatoms. The quantitative estimate of drug-likeness (QED) is 0.642. The molecule has 1 nitrogen and oxygen atoms in total. The van der Waals surface area contributed by atoms with Crippen LogP contribution in [0.25, 0.3) is 0 Å². The van der Waals surface area contributed by atoms with Crippen LogP contribution >= 0.6 is 23.5 Å². The van der Waals surface area contributed by atoms with Gasteiger partial charge in [-0.05, 0) is 6.92 Å². The number of rotatable bonds is 1. The summed E-state index contributed by atoms with van der Waals surface area (Å²) >= 11 is 2.21. The smallest absolute Gasteiger partial charge is 0.294 e. The molecule has 0 atom stereocenters. The molecule has 0 amide bonds. The van der Waals surface area contributed by atoms with Crippen molar-refractivity contribution < 1.29 is 18.0 Å². The van der Waals surface area contributed by atoms with Crippen molar-refractivity contribution in [2.24, 2.45) is 0 Å². The van der Waals surface area contributed by atoms with Crippen molar-refractivity contribution in [1.29, 1.82) is 0 Å². The Morgan fingerprint density at radius 2 is 1.77 bits per heavy atom. The van der Waals surface area contributed by atoms with Crippen LogP contribution in [-0.2, 0) is 4.79 Å². The van der Waals surface area contributed by atoms with E-state index in [0.29, 0.717) is 11.5 Å². The molecule has 1 rings (SSSR count). The predicted molar refractivity (Wildman–Crippen MR) is 48.7 cm³/mol. The standard InChI is InChI=1S/C7H7F3OS2/c1-4(11)5(7(8,9)10)6-12-2-3-13-6/h2-3H2,1H3. The highest BCUT2D eigenvalue weighted by atomic mass is 32.2. The Balaban J connectivity index is 3.04. The molecule has 0 aromatic carbocycles. The van der Waals surface area contributed by atoms with E-state index >= 15 is 0 Å². The number of carbonyl (C=O) groups is 1. The van der Waals surface area contributed by atoms with Gasteiger partial charge in [-0.25, -0.2) is 0 Å². The lowest BCUT2D eigenvalue weighted by Gasteiger charge is -2.10. The Labute approximate surface area is 82.1 Å². The number of carbonyl (C=O) groups excluding carboxylic acids is 1. The second-order valence-corrected chi connectivity index (χ2v) is 4.88. The number of halogens is 3. The molecule has 1 heterocycles. The van der Waals surface area contributed by atoms with Crippen LogP contribution in [0.5, 0.6) is 0 Å². The third kappa shape index (κ3) is 2.67. The van der Waals surface area contributed by atoms with Gasteiger partial charge in [0, 0.05) is 11.5 Å². The van der Waals surface area contributed by atoms with Gasteiger partial charge in [-0.1, -0.05) is 0 Å². The van der Waals surface area contributed by atoms with Crippen LogP contribution < -0.4 is 0 Å². The van der Waals surface area contributed by atoms with Crippen LogP contribution in [0.3, 0.4) is 0 Å². The lowest BCUT2D eigenvalue weighted by Crippen LogP contribution is -2.18. The first-order chi connectivity index (χ1) is 5.93. The lowest BCUT2D eigenvalue weighted by molar-refractivity contribution is -0.127. The van der Waals surface area contributed by atoms with Gasteiger partial charge in [0.05, 0.1) is 4.24 Å². The number of alkyl halides is 3. The number of allylic oxidation sites excluding steroid dienone is 1. The largest absolute Gasteiger partial charge is 0.421 e. The average Bonchev–Trinajstić information content (AvgIpc) is 2.34. The molecule has 0 aliphatic carbocycles. The van der Waals surface area contributed by atoms with Crippen LogP contribution in [0.15, 0.2) is 9.81 Å². The van der Waals surface area contributed by atoms with Crippen molar-refractivity contribution in [2.45, 2.75) is 13.1 Å². The molecule has 1 fully saturated rings. The summed E-state index contributed by atoms with van der Waals surface area (Å²) in [4.78, 5) is 10.8. The van der Waals surface area contributed by atoms with Gasteiger partial charge in [-0.3, -0.25) is 4.79 Å². The minimum Gasteiger partial charge on any atom is -0.294 e. The van der Waals surface area contributed by atoms with E-state index in [0.717, 1.165) is 30.4 Å². The minimum absolute atomic E-state index is 0.125.